The van der Waals surface area contributed by atoms with Gasteiger partial charge in [0.05, 0.1) is 12.7 Å². The van der Waals surface area contributed by atoms with Gasteiger partial charge in [-0.15, -0.1) is 0 Å². The first-order chi connectivity index (χ1) is 9.08. The van der Waals surface area contributed by atoms with Crippen LogP contribution in [-0.2, 0) is 9.47 Å². The fourth-order valence-electron chi connectivity index (χ4n) is 3.19. The normalized spacial score (nSPS) is 37.5. The second-order valence-corrected chi connectivity index (χ2v) is 5.29. The van der Waals surface area contributed by atoms with Crippen LogP contribution in [0.5, 0.6) is 0 Å². The smallest absolute Gasteiger partial charge is 0.330 e. The van der Waals surface area contributed by atoms with Gasteiger partial charge in [-0.2, -0.15) is 0 Å². The molecule has 3 heterocycles. The highest BCUT2D eigenvalue weighted by Crippen LogP contribution is 2.51. The van der Waals surface area contributed by atoms with Crippen molar-refractivity contribution in [3.8, 4) is 0 Å². The highest BCUT2D eigenvalue weighted by molar-refractivity contribution is 5.05. The predicted octanol–water partition coefficient (Wildman–Crippen LogP) is 0.639. The van der Waals surface area contributed by atoms with Crippen LogP contribution in [0.25, 0.3) is 0 Å². The lowest BCUT2D eigenvalue weighted by Crippen LogP contribution is -2.54. The van der Waals surface area contributed by atoms with Crippen LogP contribution in [-0.4, -0.2) is 27.9 Å². The van der Waals surface area contributed by atoms with Crippen molar-refractivity contribution in [1.29, 1.82) is 0 Å². The molecule has 1 aromatic heterocycles. The zero-order valence-corrected chi connectivity index (χ0v) is 11.1. The number of hydrogen-bond acceptors (Lipinski definition) is 4. The summed E-state index contributed by atoms with van der Waals surface area (Å²) in [6.45, 7) is 4.86. The summed E-state index contributed by atoms with van der Waals surface area (Å²) in [6, 6.07) is 1.33. The topological polar surface area (TPSA) is 73.3 Å². The van der Waals surface area contributed by atoms with Gasteiger partial charge >= 0.3 is 5.69 Å². The van der Waals surface area contributed by atoms with Crippen molar-refractivity contribution in [2.24, 2.45) is 5.92 Å². The Balaban J connectivity index is 2.04. The summed E-state index contributed by atoms with van der Waals surface area (Å²) in [5.41, 5.74) is -1.28. The van der Waals surface area contributed by atoms with Gasteiger partial charge in [0.2, 0.25) is 0 Å². The minimum Gasteiger partial charge on any atom is -0.370 e. The van der Waals surface area contributed by atoms with Crippen molar-refractivity contribution in [2.75, 3.05) is 6.61 Å². The van der Waals surface area contributed by atoms with Crippen LogP contribution >= 0.6 is 0 Å². The highest BCUT2D eigenvalue weighted by Gasteiger charge is 2.59. The Labute approximate surface area is 110 Å². The molecule has 2 fully saturated rings. The summed E-state index contributed by atoms with van der Waals surface area (Å²) < 4.78 is 13.2. The Kier molecular flexibility index (Phi) is 2.87. The van der Waals surface area contributed by atoms with E-state index in [0.717, 1.165) is 12.8 Å². The molecule has 4 unspecified atom stereocenters. The third-order valence-electron chi connectivity index (χ3n) is 4.42. The van der Waals surface area contributed by atoms with Gasteiger partial charge in [-0.1, -0.05) is 13.8 Å². The number of rotatable bonds is 2. The fraction of sp³-hybridized carbons (Fsp3) is 0.692. The molecule has 1 aromatic rings. The van der Waals surface area contributed by atoms with Crippen LogP contribution in [0.2, 0.25) is 0 Å². The largest absolute Gasteiger partial charge is 0.370 e. The summed E-state index contributed by atoms with van der Waals surface area (Å²) >= 11 is 0. The maximum atomic E-state index is 11.9. The van der Waals surface area contributed by atoms with E-state index < -0.39 is 23.1 Å². The quantitative estimate of drug-likeness (QED) is 0.852. The summed E-state index contributed by atoms with van der Waals surface area (Å²) in [5, 5.41) is 0. The van der Waals surface area contributed by atoms with Crippen molar-refractivity contribution < 1.29 is 9.47 Å². The van der Waals surface area contributed by atoms with E-state index in [0.29, 0.717) is 6.61 Å². The lowest BCUT2D eigenvalue weighted by molar-refractivity contribution is -0.213. The zero-order valence-electron chi connectivity index (χ0n) is 11.1. The number of nitrogens with zero attached hydrogens (tertiary/aromatic N) is 1. The monoisotopic (exact) mass is 266 g/mol. The van der Waals surface area contributed by atoms with Crippen molar-refractivity contribution in [1.82, 2.24) is 9.55 Å². The molecule has 6 nitrogen and oxygen atoms in total. The van der Waals surface area contributed by atoms with E-state index in [1.165, 1.54) is 16.8 Å². The van der Waals surface area contributed by atoms with Gasteiger partial charge in [0, 0.05) is 24.6 Å². The molecule has 2 saturated heterocycles. The van der Waals surface area contributed by atoms with E-state index in [4.69, 9.17) is 9.47 Å². The van der Waals surface area contributed by atoms with E-state index in [1.54, 1.807) is 0 Å². The molecule has 1 spiro atoms. The number of ether oxygens (including phenoxy) is 2. The van der Waals surface area contributed by atoms with Gasteiger partial charge in [-0.05, 0) is 6.42 Å². The van der Waals surface area contributed by atoms with Crippen LogP contribution in [0.15, 0.2) is 21.9 Å². The van der Waals surface area contributed by atoms with Gasteiger partial charge in [-0.3, -0.25) is 14.3 Å². The van der Waals surface area contributed by atoms with Crippen LogP contribution in [0, 0.1) is 5.92 Å². The van der Waals surface area contributed by atoms with E-state index in [2.05, 4.69) is 18.8 Å². The lowest BCUT2D eigenvalue weighted by atomic mass is 9.79. The van der Waals surface area contributed by atoms with E-state index >= 15 is 0 Å². The second kappa shape index (κ2) is 4.31. The molecule has 2 aliphatic rings. The number of nitrogens with one attached hydrogen (secondary N) is 1. The van der Waals surface area contributed by atoms with Crippen LogP contribution in [0.1, 0.15) is 32.9 Å². The molecule has 1 N–H and O–H groups in total. The van der Waals surface area contributed by atoms with E-state index in [1.807, 2.05) is 0 Å². The number of aromatic amines is 1. The van der Waals surface area contributed by atoms with Crippen molar-refractivity contribution in [3.63, 3.8) is 0 Å². The molecule has 0 radical (unpaired) electrons. The Hall–Kier alpha value is -1.40. The minimum absolute atomic E-state index is 0.0733. The molecule has 0 bridgehead atoms. The summed E-state index contributed by atoms with van der Waals surface area (Å²) in [4.78, 5) is 25.3. The standard InChI is InChI=1S/C13H18N2O4/c1-3-9-8(2)13(5-7-18-13)11(19-9)15-6-4-10(16)14-12(15)17/h4,6,8-9,11H,3,5,7H2,1-2H3,(H,14,16,17). The Morgan fingerprint density at radius 2 is 2.26 bits per heavy atom. The van der Waals surface area contributed by atoms with Gasteiger partial charge in [0.15, 0.2) is 6.23 Å². The summed E-state index contributed by atoms with van der Waals surface area (Å²) in [5.74, 6) is 0.232. The van der Waals surface area contributed by atoms with Gasteiger partial charge in [0.25, 0.3) is 5.56 Å². The highest BCUT2D eigenvalue weighted by atomic mass is 16.6. The average Bonchev–Trinajstić information content (AvgIpc) is 2.62. The zero-order chi connectivity index (χ0) is 13.6. The first-order valence-electron chi connectivity index (χ1n) is 6.69. The third kappa shape index (κ3) is 1.70. The Morgan fingerprint density at radius 3 is 2.79 bits per heavy atom. The molecule has 2 aliphatic heterocycles. The molecule has 3 rings (SSSR count). The Bertz CT molecular complexity index is 587. The fourth-order valence-corrected chi connectivity index (χ4v) is 3.19. The second-order valence-electron chi connectivity index (χ2n) is 5.29. The number of aromatic nitrogens is 2. The van der Waals surface area contributed by atoms with Crippen molar-refractivity contribution in [2.45, 2.75) is 44.6 Å². The predicted molar refractivity (Wildman–Crippen MR) is 68.0 cm³/mol. The lowest BCUT2D eigenvalue weighted by Gasteiger charge is -2.45. The molecule has 0 aromatic carbocycles. The van der Waals surface area contributed by atoms with Gasteiger partial charge in [0.1, 0.15) is 5.60 Å². The molecule has 6 heteroatoms. The summed E-state index contributed by atoms with van der Waals surface area (Å²) in [7, 11) is 0. The maximum Gasteiger partial charge on any atom is 0.330 e. The van der Waals surface area contributed by atoms with Gasteiger partial charge in [-0.25, -0.2) is 4.79 Å². The molecule has 19 heavy (non-hydrogen) atoms. The minimum atomic E-state index is -0.453. The molecule has 4 atom stereocenters. The average molecular weight is 266 g/mol. The first kappa shape index (κ1) is 12.6. The maximum absolute atomic E-state index is 11.9. The van der Waals surface area contributed by atoms with Crippen molar-refractivity contribution in [3.05, 3.63) is 33.1 Å². The molecule has 0 aliphatic carbocycles. The third-order valence-corrected chi connectivity index (χ3v) is 4.42. The van der Waals surface area contributed by atoms with Crippen molar-refractivity contribution >= 4 is 0 Å². The van der Waals surface area contributed by atoms with Crippen LogP contribution in [0.3, 0.4) is 0 Å². The van der Waals surface area contributed by atoms with E-state index in [9.17, 15) is 9.59 Å². The number of H-pyrrole nitrogens is 1. The number of hydrogen-bond donors (Lipinski definition) is 1. The Morgan fingerprint density at radius 1 is 1.53 bits per heavy atom. The van der Waals surface area contributed by atoms with Gasteiger partial charge < -0.3 is 9.47 Å². The SMILES string of the molecule is CCC1OC(n2ccc(=O)[nH]c2=O)C2(CCO2)C1C. The molecule has 0 saturated carbocycles. The summed E-state index contributed by atoms with van der Waals surface area (Å²) in [6.07, 6.45) is 2.86. The van der Waals surface area contributed by atoms with E-state index in [-0.39, 0.29) is 12.0 Å². The molecular weight excluding hydrogens is 248 g/mol. The molecular formula is C13H18N2O4. The first-order valence-corrected chi connectivity index (χ1v) is 6.69. The van der Waals surface area contributed by atoms with Crippen LogP contribution in [0.4, 0.5) is 0 Å². The molecule has 104 valence electrons. The van der Waals surface area contributed by atoms with Crippen LogP contribution < -0.4 is 11.2 Å². The molecule has 0 amide bonds.